The SMILES string of the molecule is CCc1ccc(S(=O)(=O)NCCC(C)O)s1. The van der Waals surface area contributed by atoms with Crippen LogP contribution in [0.25, 0.3) is 0 Å². The van der Waals surface area contributed by atoms with Gasteiger partial charge in [0.2, 0.25) is 10.0 Å². The molecule has 0 saturated carbocycles. The number of hydrogen-bond acceptors (Lipinski definition) is 4. The molecule has 6 heteroatoms. The lowest BCUT2D eigenvalue weighted by Gasteiger charge is -2.05. The third-order valence-corrected chi connectivity index (χ3v) is 5.29. The summed E-state index contributed by atoms with van der Waals surface area (Å²) in [5.41, 5.74) is 0. The fourth-order valence-electron chi connectivity index (χ4n) is 1.17. The minimum atomic E-state index is -3.39. The maximum Gasteiger partial charge on any atom is 0.250 e. The fourth-order valence-corrected chi connectivity index (χ4v) is 3.55. The average molecular weight is 263 g/mol. The standard InChI is InChI=1S/C10H17NO3S2/c1-3-9-4-5-10(15-9)16(13,14)11-7-6-8(2)12/h4-5,8,11-12H,3,6-7H2,1-2H3. The van der Waals surface area contributed by atoms with Gasteiger partial charge in [-0.15, -0.1) is 11.3 Å². The van der Waals surface area contributed by atoms with Gasteiger partial charge >= 0.3 is 0 Å². The Balaban J connectivity index is 2.63. The molecule has 0 aliphatic carbocycles. The van der Waals surface area contributed by atoms with Crippen molar-refractivity contribution in [2.75, 3.05) is 6.54 Å². The van der Waals surface area contributed by atoms with Crippen molar-refractivity contribution < 1.29 is 13.5 Å². The number of rotatable bonds is 6. The minimum absolute atomic E-state index is 0.263. The molecule has 0 fully saturated rings. The lowest BCUT2D eigenvalue weighted by Crippen LogP contribution is -2.26. The molecule has 0 amide bonds. The molecule has 0 saturated heterocycles. The average Bonchev–Trinajstić information content (AvgIpc) is 2.65. The normalized spacial score (nSPS) is 13.9. The summed E-state index contributed by atoms with van der Waals surface area (Å²) in [4.78, 5) is 1.05. The second kappa shape index (κ2) is 5.77. The van der Waals surface area contributed by atoms with E-state index in [0.717, 1.165) is 11.3 Å². The summed E-state index contributed by atoms with van der Waals surface area (Å²) in [6.45, 7) is 3.89. The van der Waals surface area contributed by atoms with Crippen molar-refractivity contribution >= 4 is 21.4 Å². The van der Waals surface area contributed by atoms with E-state index in [9.17, 15) is 8.42 Å². The predicted molar refractivity (Wildman–Crippen MR) is 65.2 cm³/mol. The molecule has 2 N–H and O–H groups in total. The first-order valence-electron chi connectivity index (χ1n) is 5.22. The maximum atomic E-state index is 11.8. The van der Waals surface area contributed by atoms with Crippen molar-refractivity contribution in [3.05, 3.63) is 17.0 Å². The van der Waals surface area contributed by atoms with Crippen LogP contribution in [-0.4, -0.2) is 26.2 Å². The van der Waals surface area contributed by atoms with E-state index < -0.39 is 16.1 Å². The molecular weight excluding hydrogens is 246 g/mol. The zero-order chi connectivity index (χ0) is 12.2. The number of hydrogen-bond donors (Lipinski definition) is 2. The molecule has 0 spiro atoms. The van der Waals surface area contributed by atoms with E-state index >= 15 is 0 Å². The van der Waals surface area contributed by atoms with Crippen LogP contribution in [0.3, 0.4) is 0 Å². The van der Waals surface area contributed by atoms with Crippen LogP contribution < -0.4 is 4.72 Å². The number of aryl methyl sites for hydroxylation is 1. The summed E-state index contributed by atoms with van der Waals surface area (Å²) in [7, 11) is -3.39. The summed E-state index contributed by atoms with van der Waals surface area (Å²) in [5.74, 6) is 0. The highest BCUT2D eigenvalue weighted by Gasteiger charge is 2.15. The van der Waals surface area contributed by atoms with Crippen molar-refractivity contribution in [3.63, 3.8) is 0 Å². The summed E-state index contributed by atoms with van der Waals surface area (Å²) in [6, 6.07) is 3.45. The molecule has 0 aliphatic heterocycles. The van der Waals surface area contributed by atoms with Crippen LogP contribution in [-0.2, 0) is 16.4 Å². The van der Waals surface area contributed by atoms with E-state index in [-0.39, 0.29) is 6.54 Å². The van der Waals surface area contributed by atoms with Gasteiger partial charge in [-0.05, 0) is 31.9 Å². The van der Waals surface area contributed by atoms with E-state index in [1.165, 1.54) is 11.3 Å². The molecule has 1 aromatic heterocycles. The van der Waals surface area contributed by atoms with Gasteiger partial charge in [-0.1, -0.05) is 6.92 Å². The Morgan fingerprint density at radius 1 is 1.50 bits per heavy atom. The van der Waals surface area contributed by atoms with Gasteiger partial charge in [-0.25, -0.2) is 13.1 Å². The molecule has 0 bridgehead atoms. The van der Waals surface area contributed by atoms with E-state index in [4.69, 9.17) is 5.11 Å². The van der Waals surface area contributed by atoms with Gasteiger partial charge in [0, 0.05) is 11.4 Å². The molecule has 92 valence electrons. The van der Waals surface area contributed by atoms with Crippen molar-refractivity contribution in [3.8, 4) is 0 Å². The largest absolute Gasteiger partial charge is 0.393 e. The molecule has 0 aromatic carbocycles. The number of aliphatic hydroxyl groups is 1. The zero-order valence-corrected chi connectivity index (χ0v) is 11.1. The van der Waals surface area contributed by atoms with Crippen LogP contribution >= 0.6 is 11.3 Å². The third-order valence-electron chi connectivity index (χ3n) is 2.10. The molecule has 4 nitrogen and oxygen atoms in total. The van der Waals surface area contributed by atoms with E-state index in [1.54, 1.807) is 13.0 Å². The lowest BCUT2D eigenvalue weighted by molar-refractivity contribution is 0.186. The number of nitrogens with one attached hydrogen (secondary N) is 1. The Labute approximate surface area is 100 Å². The molecule has 1 atom stereocenters. The molecule has 0 radical (unpaired) electrons. The van der Waals surface area contributed by atoms with Gasteiger partial charge in [0.25, 0.3) is 0 Å². The van der Waals surface area contributed by atoms with Gasteiger partial charge in [-0.3, -0.25) is 0 Å². The van der Waals surface area contributed by atoms with Gasteiger partial charge in [0.15, 0.2) is 0 Å². The van der Waals surface area contributed by atoms with Crippen LogP contribution in [0.2, 0.25) is 0 Å². The van der Waals surface area contributed by atoms with Crippen LogP contribution in [0.4, 0.5) is 0 Å². The first kappa shape index (κ1) is 13.6. The van der Waals surface area contributed by atoms with E-state index in [0.29, 0.717) is 10.6 Å². The summed E-state index contributed by atoms with van der Waals surface area (Å²) < 4.78 is 26.3. The Bertz CT molecular complexity index is 423. The fraction of sp³-hybridized carbons (Fsp3) is 0.600. The Morgan fingerprint density at radius 3 is 2.69 bits per heavy atom. The highest BCUT2D eigenvalue weighted by atomic mass is 32.2. The second-order valence-corrected chi connectivity index (χ2v) is 6.77. The molecule has 1 rings (SSSR count). The highest BCUT2D eigenvalue weighted by Crippen LogP contribution is 2.21. The van der Waals surface area contributed by atoms with Gasteiger partial charge in [-0.2, -0.15) is 0 Å². The molecule has 1 unspecified atom stereocenters. The summed E-state index contributed by atoms with van der Waals surface area (Å²) in [6.07, 6.45) is 0.774. The molecule has 1 aromatic rings. The van der Waals surface area contributed by atoms with Gasteiger partial charge < -0.3 is 5.11 Å². The van der Waals surface area contributed by atoms with Crippen molar-refractivity contribution in [1.82, 2.24) is 4.72 Å². The Hall–Kier alpha value is -0.430. The summed E-state index contributed by atoms with van der Waals surface area (Å²) in [5, 5.41) is 9.03. The monoisotopic (exact) mass is 263 g/mol. The van der Waals surface area contributed by atoms with Gasteiger partial charge in [0.05, 0.1) is 6.10 Å². The van der Waals surface area contributed by atoms with Crippen molar-refractivity contribution in [2.45, 2.75) is 37.0 Å². The Morgan fingerprint density at radius 2 is 2.19 bits per heavy atom. The molecule has 1 heterocycles. The number of sulfonamides is 1. The van der Waals surface area contributed by atoms with Crippen LogP contribution in [0, 0.1) is 0 Å². The maximum absolute atomic E-state index is 11.8. The molecular formula is C10H17NO3S2. The summed E-state index contributed by atoms with van der Waals surface area (Å²) >= 11 is 1.29. The molecule has 16 heavy (non-hydrogen) atoms. The first-order valence-corrected chi connectivity index (χ1v) is 7.52. The van der Waals surface area contributed by atoms with Crippen molar-refractivity contribution in [1.29, 1.82) is 0 Å². The van der Waals surface area contributed by atoms with Crippen LogP contribution in [0.15, 0.2) is 16.3 Å². The highest BCUT2D eigenvalue weighted by molar-refractivity contribution is 7.91. The smallest absolute Gasteiger partial charge is 0.250 e. The number of thiophene rings is 1. The molecule has 0 aliphatic rings. The second-order valence-electron chi connectivity index (χ2n) is 3.61. The van der Waals surface area contributed by atoms with E-state index in [1.807, 2.05) is 13.0 Å². The first-order chi connectivity index (χ1) is 7.45. The lowest BCUT2D eigenvalue weighted by atomic mass is 10.3. The third kappa shape index (κ3) is 3.86. The zero-order valence-electron chi connectivity index (χ0n) is 9.43. The quantitative estimate of drug-likeness (QED) is 0.814. The van der Waals surface area contributed by atoms with Crippen molar-refractivity contribution in [2.24, 2.45) is 0 Å². The van der Waals surface area contributed by atoms with Gasteiger partial charge in [0.1, 0.15) is 4.21 Å². The predicted octanol–water partition coefficient (Wildman–Crippen LogP) is 1.36. The minimum Gasteiger partial charge on any atom is -0.393 e. The van der Waals surface area contributed by atoms with Crippen LogP contribution in [0.5, 0.6) is 0 Å². The topological polar surface area (TPSA) is 66.4 Å². The van der Waals surface area contributed by atoms with Crippen LogP contribution in [0.1, 0.15) is 25.1 Å². The Kier molecular flexibility index (Phi) is 4.91. The number of aliphatic hydroxyl groups excluding tert-OH is 1. The van der Waals surface area contributed by atoms with E-state index in [2.05, 4.69) is 4.72 Å².